The van der Waals surface area contributed by atoms with Crippen LogP contribution in [0.1, 0.15) is 12.8 Å². The van der Waals surface area contributed by atoms with E-state index >= 15 is 0 Å². The summed E-state index contributed by atoms with van der Waals surface area (Å²) in [4.78, 5) is 25.1. The molecule has 1 aromatic heterocycles. The number of sulfonamides is 1. The SMILES string of the molecule is O=C(Cn1nc(-c2ccc3c(c2)OCCO3)ccc1=O)Nc1ccc(S(=O)(=O)N2CCCC2)cc1. The molecule has 1 amide bonds. The molecule has 0 saturated carbocycles. The van der Waals surface area contributed by atoms with E-state index in [0.717, 1.165) is 23.1 Å². The highest BCUT2D eigenvalue weighted by atomic mass is 32.2. The zero-order valence-corrected chi connectivity index (χ0v) is 19.7. The first kappa shape index (κ1) is 23.1. The van der Waals surface area contributed by atoms with Crippen molar-refractivity contribution in [2.45, 2.75) is 24.3 Å². The van der Waals surface area contributed by atoms with Crippen LogP contribution < -0.4 is 20.3 Å². The van der Waals surface area contributed by atoms with E-state index in [1.165, 1.54) is 34.6 Å². The smallest absolute Gasteiger partial charge is 0.267 e. The van der Waals surface area contributed by atoms with E-state index in [1.807, 2.05) is 6.07 Å². The summed E-state index contributed by atoms with van der Waals surface area (Å²) in [5.41, 5.74) is 1.23. The Morgan fingerprint density at radius 3 is 2.40 bits per heavy atom. The Hall–Kier alpha value is -3.70. The normalized spacial score (nSPS) is 15.7. The second-order valence-electron chi connectivity index (χ2n) is 8.26. The lowest BCUT2D eigenvalue weighted by atomic mass is 10.1. The number of nitrogens with zero attached hydrogens (tertiary/aromatic N) is 3. The van der Waals surface area contributed by atoms with Gasteiger partial charge in [-0.1, -0.05) is 0 Å². The third kappa shape index (κ3) is 4.91. The fourth-order valence-electron chi connectivity index (χ4n) is 4.04. The van der Waals surface area contributed by atoms with Crippen LogP contribution >= 0.6 is 0 Å². The summed E-state index contributed by atoms with van der Waals surface area (Å²) < 4.78 is 39.0. The number of hydrogen-bond donors (Lipinski definition) is 1. The van der Waals surface area contributed by atoms with Crippen molar-refractivity contribution in [1.29, 1.82) is 0 Å². The average molecular weight is 497 g/mol. The van der Waals surface area contributed by atoms with Crippen LogP contribution in [0.3, 0.4) is 0 Å². The zero-order valence-electron chi connectivity index (χ0n) is 18.8. The van der Waals surface area contributed by atoms with Gasteiger partial charge in [0.05, 0.1) is 10.6 Å². The van der Waals surface area contributed by atoms with Crippen LogP contribution in [-0.2, 0) is 21.4 Å². The molecule has 1 saturated heterocycles. The Balaban J connectivity index is 1.28. The maximum absolute atomic E-state index is 12.7. The van der Waals surface area contributed by atoms with E-state index < -0.39 is 21.5 Å². The predicted octanol–water partition coefficient (Wildman–Crippen LogP) is 2.10. The Morgan fingerprint density at radius 1 is 0.943 bits per heavy atom. The number of ether oxygens (including phenoxy) is 2. The van der Waals surface area contributed by atoms with Gasteiger partial charge in [0.25, 0.3) is 5.56 Å². The highest BCUT2D eigenvalue weighted by Crippen LogP contribution is 2.33. The number of nitrogens with one attached hydrogen (secondary N) is 1. The van der Waals surface area contributed by atoms with E-state index in [4.69, 9.17) is 9.47 Å². The average Bonchev–Trinajstić information content (AvgIpc) is 3.42. The molecule has 3 heterocycles. The number of rotatable bonds is 6. The molecule has 35 heavy (non-hydrogen) atoms. The second kappa shape index (κ2) is 9.51. The fraction of sp³-hybridized carbons (Fsp3) is 0.292. The van der Waals surface area contributed by atoms with Crippen LogP contribution in [0.4, 0.5) is 5.69 Å². The second-order valence-corrected chi connectivity index (χ2v) is 10.2. The molecule has 10 nitrogen and oxygen atoms in total. The van der Waals surface area contributed by atoms with Gasteiger partial charge >= 0.3 is 0 Å². The summed E-state index contributed by atoms with van der Waals surface area (Å²) in [7, 11) is -3.53. The van der Waals surface area contributed by atoms with Gasteiger partial charge in [-0.25, -0.2) is 13.1 Å². The van der Waals surface area contributed by atoms with Crippen LogP contribution in [0.15, 0.2) is 64.3 Å². The number of anilines is 1. The van der Waals surface area contributed by atoms with Crippen molar-refractivity contribution in [2.24, 2.45) is 0 Å². The molecule has 1 N–H and O–H groups in total. The number of amides is 1. The Labute approximate surface area is 202 Å². The topological polar surface area (TPSA) is 120 Å². The van der Waals surface area contributed by atoms with Gasteiger partial charge in [-0.3, -0.25) is 9.59 Å². The van der Waals surface area contributed by atoms with Gasteiger partial charge in [0.2, 0.25) is 15.9 Å². The molecule has 0 radical (unpaired) electrons. The molecule has 182 valence electrons. The molecule has 1 fully saturated rings. The molecule has 11 heteroatoms. The number of carbonyl (C=O) groups is 1. The van der Waals surface area contributed by atoms with Crippen LogP contribution in [0.25, 0.3) is 11.3 Å². The third-order valence-electron chi connectivity index (χ3n) is 5.84. The van der Waals surface area contributed by atoms with Gasteiger partial charge in [0.1, 0.15) is 19.8 Å². The lowest BCUT2D eigenvalue weighted by molar-refractivity contribution is -0.117. The van der Waals surface area contributed by atoms with E-state index in [2.05, 4.69) is 10.4 Å². The molecule has 0 atom stereocenters. The predicted molar refractivity (Wildman–Crippen MR) is 128 cm³/mol. The summed E-state index contributed by atoms with van der Waals surface area (Å²) in [5.74, 6) is 0.780. The largest absolute Gasteiger partial charge is 0.486 e. The first-order chi connectivity index (χ1) is 16.9. The Bertz CT molecular complexity index is 1410. The maximum atomic E-state index is 12.7. The highest BCUT2D eigenvalue weighted by Gasteiger charge is 2.27. The van der Waals surface area contributed by atoms with E-state index in [0.29, 0.717) is 49.2 Å². The molecule has 3 aromatic rings. The molecular formula is C24H24N4O6S. The van der Waals surface area contributed by atoms with Crippen molar-refractivity contribution in [3.63, 3.8) is 0 Å². The highest BCUT2D eigenvalue weighted by molar-refractivity contribution is 7.89. The van der Waals surface area contributed by atoms with Crippen LogP contribution in [0.5, 0.6) is 11.5 Å². The standard InChI is InChI=1S/C24H24N4O6S/c29-23(25-18-4-6-19(7-5-18)35(31,32)27-11-1-2-12-27)16-28-24(30)10-8-20(26-28)17-3-9-21-22(15-17)34-14-13-33-21/h3-10,15H,1-2,11-14,16H2,(H,25,29). The van der Waals surface area contributed by atoms with Crippen molar-refractivity contribution in [2.75, 3.05) is 31.6 Å². The summed E-state index contributed by atoms with van der Waals surface area (Å²) in [6, 6.07) is 14.3. The molecule has 5 rings (SSSR count). The van der Waals surface area contributed by atoms with Crippen molar-refractivity contribution in [3.8, 4) is 22.8 Å². The van der Waals surface area contributed by atoms with E-state index in [9.17, 15) is 18.0 Å². The van der Waals surface area contributed by atoms with Crippen LogP contribution in [-0.4, -0.2) is 54.7 Å². The molecular weight excluding hydrogens is 472 g/mol. The molecule has 0 bridgehead atoms. The van der Waals surface area contributed by atoms with Gasteiger partial charge in [-0.15, -0.1) is 0 Å². The molecule has 2 aliphatic heterocycles. The summed E-state index contributed by atoms with van der Waals surface area (Å²) in [6.45, 7) is 1.68. The van der Waals surface area contributed by atoms with Gasteiger partial charge in [0.15, 0.2) is 11.5 Å². The summed E-state index contributed by atoms with van der Waals surface area (Å²) in [6.07, 6.45) is 1.72. The summed E-state index contributed by atoms with van der Waals surface area (Å²) >= 11 is 0. The van der Waals surface area contributed by atoms with Gasteiger partial charge in [-0.05, 0) is 61.4 Å². The monoisotopic (exact) mass is 496 g/mol. The fourth-order valence-corrected chi connectivity index (χ4v) is 5.56. The number of carbonyl (C=O) groups excluding carboxylic acids is 1. The van der Waals surface area contributed by atoms with Crippen molar-refractivity contribution < 1.29 is 22.7 Å². The minimum Gasteiger partial charge on any atom is -0.486 e. The van der Waals surface area contributed by atoms with Gasteiger partial charge in [0, 0.05) is 30.4 Å². The quantitative estimate of drug-likeness (QED) is 0.555. The zero-order chi connectivity index (χ0) is 24.4. The lowest BCUT2D eigenvalue weighted by Gasteiger charge is -2.18. The Morgan fingerprint density at radius 2 is 1.66 bits per heavy atom. The molecule has 0 unspecified atom stereocenters. The third-order valence-corrected chi connectivity index (χ3v) is 7.75. The number of hydrogen-bond acceptors (Lipinski definition) is 7. The molecule has 0 aliphatic carbocycles. The first-order valence-corrected chi connectivity index (χ1v) is 12.7. The molecule has 2 aromatic carbocycles. The van der Waals surface area contributed by atoms with Gasteiger partial charge < -0.3 is 14.8 Å². The van der Waals surface area contributed by atoms with E-state index in [1.54, 1.807) is 18.2 Å². The minimum atomic E-state index is -3.53. The van der Waals surface area contributed by atoms with Gasteiger partial charge in [-0.2, -0.15) is 9.40 Å². The van der Waals surface area contributed by atoms with E-state index in [-0.39, 0.29) is 11.4 Å². The minimum absolute atomic E-state index is 0.183. The number of aromatic nitrogens is 2. The number of fused-ring (bicyclic) bond motifs is 1. The maximum Gasteiger partial charge on any atom is 0.267 e. The molecule has 2 aliphatic rings. The van der Waals surface area contributed by atoms with Crippen LogP contribution in [0.2, 0.25) is 0 Å². The first-order valence-electron chi connectivity index (χ1n) is 11.3. The Kier molecular flexibility index (Phi) is 6.27. The molecule has 0 spiro atoms. The van der Waals surface area contributed by atoms with Crippen molar-refractivity contribution in [3.05, 3.63) is 65.0 Å². The van der Waals surface area contributed by atoms with Crippen molar-refractivity contribution in [1.82, 2.24) is 14.1 Å². The summed E-state index contributed by atoms with van der Waals surface area (Å²) in [5, 5.41) is 7.01. The lowest BCUT2D eigenvalue weighted by Crippen LogP contribution is -2.29. The van der Waals surface area contributed by atoms with Crippen molar-refractivity contribution >= 4 is 21.6 Å². The number of benzene rings is 2. The van der Waals surface area contributed by atoms with Crippen LogP contribution in [0, 0.1) is 0 Å².